The van der Waals surface area contributed by atoms with E-state index in [9.17, 15) is 0 Å². The van der Waals surface area contributed by atoms with Crippen molar-refractivity contribution in [2.24, 2.45) is 0 Å². The fourth-order valence-corrected chi connectivity index (χ4v) is 2.45. The van der Waals surface area contributed by atoms with Crippen LogP contribution >= 0.6 is 11.6 Å². The number of rotatable bonds is 6. The van der Waals surface area contributed by atoms with Gasteiger partial charge in [0, 0.05) is 10.7 Å². The molecule has 0 aliphatic rings. The quantitative estimate of drug-likeness (QED) is 0.740. The normalized spacial score (nSPS) is 12.2. The van der Waals surface area contributed by atoms with Gasteiger partial charge in [0.2, 0.25) is 0 Å². The summed E-state index contributed by atoms with van der Waals surface area (Å²) in [5.41, 5.74) is 2.28. The Labute approximate surface area is 132 Å². The lowest BCUT2D eigenvalue weighted by Crippen LogP contribution is -2.10. The van der Waals surface area contributed by atoms with Crippen LogP contribution in [0, 0.1) is 0 Å². The van der Waals surface area contributed by atoms with E-state index in [1.165, 1.54) is 5.56 Å². The van der Waals surface area contributed by atoms with E-state index >= 15 is 0 Å². The van der Waals surface area contributed by atoms with Crippen LogP contribution in [0.15, 0.2) is 48.5 Å². The Balaban J connectivity index is 2.08. The summed E-state index contributed by atoms with van der Waals surface area (Å²) < 4.78 is 5.66. The van der Waals surface area contributed by atoms with Crippen molar-refractivity contribution in [3.05, 3.63) is 59.1 Å². The smallest absolute Gasteiger partial charge is 0.119 e. The lowest BCUT2D eigenvalue weighted by Gasteiger charge is -2.19. The molecule has 2 aromatic carbocycles. The summed E-state index contributed by atoms with van der Waals surface area (Å²) in [7, 11) is 0. The Morgan fingerprint density at radius 3 is 2.38 bits per heavy atom. The number of hydrogen-bond donors (Lipinski definition) is 1. The molecular weight excluding hydrogens is 282 g/mol. The maximum Gasteiger partial charge on any atom is 0.119 e. The largest absolute Gasteiger partial charge is 0.491 e. The average Bonchev–Trinajstić information content (AvgIpc) is 2.46. The molecule has 0 amide bonds. The van der Waals surface area contributed by atoms with Gasteiger partial charge in [-0.1, -0.05) is 30.7 Å². The first-order chi connectivity index (χ1) is 10.1. The predicted octanol–water partition coefficient (Wildman–Crippen LogP) is 5.69. The van der Waals surface area contributed by atoms with Gasteiger partial charge in [0.1, 0.15) is 5.75 Å². The molecule has 0 radical (unpaired) electrons. The van der Waals surface area contributed by atoms with Crippen molar-refractivity contribution in [2.75, 3.05) is 5.32 Å². The van der Waals surface area contributed by atoms with E-state index in [-0.39, 0.29) is 12.1 Å². The van der Waals surface area contributed by atoms with Crippen LogP contribution in [0.5, 0.6) is 5.75 Å². The highest BCUT2D eigenvalue weighted by Gasteiger charge is 2.09. The molecule has 0 aliphatic carbocycles. The predicted molar refractivity (Wildman–Crippen MR) is 90.3 cm³/mol. The minimum atomic E-state index is 0.193. The highest BCUT2D eigenvalue weighted by molar-refractivity contribution is 6.30. The molecule has 21 heavy (non-hydrogen) atoms. The van der Waals surface area contributed by atoms with Gasteiger partial charge >= 0.3 is 0 Å². The monoisotopic (exact) mass is 303 g/mol. The van der Waals surface area contributed by atoms with E-state index in [4.69, 9.17) is 16.3 Å². The second kappa shape index (κ2) is 7.37. The van der Waals surface area contributed by atoms with E-state index in [2.05, 4.69) is 18.3 Å². The Morgan fingerprint density at radius 1 is 1.10 bits per heavy atom. The van der Waals surface area contributed by atoms with Crippen LogP contribution in [0.2, 0.25) is 5.02 Å². The summed E-state index contributed by atoms with van der Waals surface area (Å²) in [5, 5.41) is 4.31. The van der Waals surface area contributed by atoms with Crippen molar-refractivity contribution in [3.63, 3.8) is 0 Å². The molecule has 0 bridgehead atoms. The van der Waals surface area contributed by atoms with Crippen LogP contribution in [-0.4, -0.2) is 6.10 Å². The van der Waals surface area contributed by atoms with Gasteiger partial charge in [-0.2, -0.15) is 0 Å². The summed E-state index contributed by atoms with van der Waals surface area (Å²) in [6.07, 6.45) is 1.18. The number of halogens is 1. The van der Waals surface area contributed by atoms with Gasteiger partial charge in [0.05, 0.1) is 12.1 Å². The molecule has 2 aromatic rings. The minimum absolute atomic E-state index is 0.193. The van der Waals surface area contributed by atoms with Crippen LogP contribution in [0.3, 0.4) is 0 Å². The summed E-state index contributed by atoms with van der Waals surface area (Å²) in [6.45, 7) is 6.21. The zero-order chi connectivity index (χ0) is 15.2. The van der Waals surface area contributed by atoms with Gasteiger partial charge in [-0.15, -0.1) is 0 Å². The molecule has 3 heteroatoms. The molecule has 0 aromatic heterocycles. The summed E-state index contributed by atoms with van der Waals surface area (Å²) in [5.74, 6) is 0.895. The summed E-state index contributed by atoms with van der Waals surface area (Å²) >= 11 is 6.07. The third-order valence-corrected chi connectivity index (χ3v) is 3.46. The Hall–Kier alpha value is -1.67. The van der Waals surface area contributed by atoms with Gasteiger partial charge < -0.3 is 10.1 Å². The molecule has 1 N–H and O–H groups in total. The van der Waals surface area contributed by atoms with Gasteiger partial charge in [0.15, 0.2) is 0 Å². The third-order valence-electron chi connectivity index (χ3n) is 3.23. The molecule has 1 atom stereocenters. The molecule has 0 aliphatic heterocycles. The molecule has 0 heterocycles. The number of anilines is 1. The Bertz CT molecular complexity index is 566. The molecule has 0 saturated heterocycles. The summed E-state index contributed by atoms with van der Waals surface area (Å²) in [6, 6.07) is 16.3. The fourth-order valence-electron chi connectivity index (χ4n) is 2.25. The maximum absolute atomic E-state index is 6.07. The second-order valence-corrected chi connectivity index (χ2v) is 5.79. The lowest BCUT2D eigenvalue weighted by atomic mass is 10.0. The highest BCUT2D eigenvalue weighted by atomic mass is 35.5. The zero-order valence-electron chi connectivity index (χ0n) is 12.8. The molecule has 2 rings (SSSR count). The van der Waals surface area contributed by atoms with E-state index in [1.54, 1.807) is 0 Å². The SMILES string of the molecule is CCC(Nc1ccc(OC(C)C)cc1)c1cccc(Cl)c1. The first-order valence-corrected chi connectivity index (χ1v) is 7.75. The molecule has 112 valence electrons. The van der Waals surface area contributed by atoms with E-state index in [0.717, 1.165) is 22.9 Å². The van der Waals surface area contributed by atoms with Crippen LogP contribution in [0.1, 0.15) is 38.8 Å². The minimum Gasteiger partial charge on any atom is -0.491 e. The molecule has 1 unspecified atom stereocenters. The molecule has 0 fully saturated rings. The maximum atomic E-state index is 6.07. The van der Waals surface area contributed by atoms with E-state index in [1.807, 2.05) is 56.3 Å². The second-order valence-electron chi connectivity index (χ2n) is 5.35. The third kappa shape index (κ3) is 4.68. The summed E-state index contributed by atoms with van der Waals surface area (Å²) in [4.78, 5) is 0. The van der Waals surface area contributed by atoms with Crippen molar-refractivity contribution in [1.82, 2.24) is 0 Å². The number of hydrogen-bond acceptors (Lipinski definition) is 2. The van der Waals surface area contributed by atoms with Gasteiger partial charge in [-0.05, 0) is 62.2 Å². The Kier molecular flexibility index (Phi) is 5.51. The van der Waals surface area contributed by atoms with Crippen LogP contribution in [0.25, 0.3) is 0 Å². The highest BCUT2D eigenvalue weighted by Crippen LogP contribution is 2.26. The molecule has 0 spiro atoms. The van der Waals surface area contributed by atoms with Gasteiger partial charge in [0.25, 0.3) is 0 Å². The zero-order valence-corrected chi connectivity index (χ0v) is 13.5. The molecule has 2 nitrogen and oxygen atoms in total. The van der Waals surface area contributed by atoms with Crippen molar-refractivity contribution in [3.8, 4) is 5.75 Å². The Morgan fingerprint density at radius 2 is 1.81 bits per heavy atom. The topological polar surface area (TPSA) is 21.3 Å². The average molecular weight is 304 g/mol. The molecule has 0 saturated carbocycles. The number of ether oxygens (including phenoxy) is 1. The van der Waals surface area contributed by atoms with Crippen LogP contribution in [-0.2, 0) is 0 Å². The number of benzene rings is 2. The first kappa shape index (κ1) is 15.7. The fraction of sp³-hybridized carbons (Fsp3) is 0.333. The standard InChI is InChI=1S/C18H22ClNO/c1-4-18(14-6-5-7-15(19)12-14)20-16-8-10-17(11-9-16)21-13(2)3/h5-13,18,20H,4H2,1-3H3. The van der Waals surface area contributed by atoms with Crippen molar-refractivity contribution in [2.45, 2.75) is 39.3 Å². The number of nitrogens with one attached hydrogen (secondary N) is 1. The molecular formula is C18H22ClNO. The van der Waals surface area contributed by atoms with Crippen LogP contribution in [0.4, 0.5) is 5.69 Å². The van der Waals surface area contributed by atoms with Crippen molar-refractivity contribution < 1.29 is 4.74 Å². The van der Waals surface area contributed by atoms with Gasteiger partial charge in [-0.25, -0.2) is 0 Å². The lowest BCUT2D eigenvalue weighted by molar-refractivity contribution is 0.242. The van der Waals surface area contributed by atoms with E-state index in [0.29, 0.717) is 0 Å². The van der Waals surface area contributed by atoms with Crippen molar-refractivity contribution in [1.29, 1.82) is 0 Å². The van der Waals surface area contributed by atoms with E-state index < -0.39 is 0 Å². The van der Waals surface area contributed by atoms with Gasteiger partial charge in [-0.3, -0.25) is 0 Å². The van der Waals surface area contributed by atoms with Crippen LogP contribution < -0.4 is 10.1 Å². The first-order valence-electron chi connectivity index (χ1n) is 7.37. The van der Waals surface area contributed by atoms with Crippen molar-refractivity contribution >= 4 is 17.3 Å².